The van der Waals surface area contributed by atoms with Crippen LogP contribution in [-0.4, -0.2) is 28.8 Å². The molecule has 5 nitrogen and oxygen atoms in total. The lowest BCUT2D eigenvalue weighted by Crippen LogP contribution is -2.18. The number of aromatic nitrogens is 1. The Morgan fingerprint density at radius 2 is 2.17 bits per heavy atom. The van der Waals surface area contributed by atoms with Gasteiger partial charge in [0.2, 0.25) is 5.88 Å². The van der Waals surface area contributed by atoms with Crippen LogP contribution in [0.4, 0.5) is 13.2 Å². The van der Waals surface area contributed by atoms with Crippen molar-refractivity contribution < 1.29 is 23.1 Å². The first-order chi connectivity index (χ1) is 8.33. The maximum absolute atomic E-state index is 12.0. The molecule has 0 saturated heterocycles. The number of nitrogens with zero attached hydrogens (tertiary/aromatic N) is 2. The average Bonchev–Trinajstić information content (AvgIpc) is 2.26. The van der Waals surface area contributed by atoms with E-state index in [9.17, 15) is 13.2 Å². The second-order valence-electron chi connectivity index (χ2n) is 3.50. The van der Waals surface area contributed by atoms with Gasteiger partial charge in [-0.05, 0) is 19.1 Å². The van der Waals surface area contributed by atoms with E-state index in [0.29, 0.717) is 5.69 Å². The zero-order valence-electron chi connectivity index (χ0n) is 9.53. The van der Waals surface area contributed by atoms with Crippen molar-refractivity contribution in [1.82, 2.24) is 4.98 Å². The van der Waals surface area contributed by atoms with E-state index in [4.69, 9.17) is 15.7 Å². The molecule has 0 saturated carbocycles. The molecule has 0 amide bonds. The molecule has 0 aliphatic rings. The molecule has 0 aliphatic carbocycles. The SMILES string of the molecule is Cc1ccc(/C(N)=N/O)c(OCCC(F)(F)F)n1. The van der Waals surface area contributed by atoms with Gasteiger partial charge in [0, 0.05) is 5.69 Å². The van der Waals surface area contributed by atoms with E-state index in [1.54, 1.807) is 13.0 Å². The lowest BCUT2D eigenvalue weighted by atomic mass is 10.2. The number of pyridine rings is 1. The number of nitrogens with two attached hydrogens (primary N) is 1. The third kappa shape index (κ3) is 4.11. The van der Waals surface area contributed by atoms with Gasteiger partial charge in [0.05, 0.1) is 18.6 Å². The molecule has 0 unspecified atom stereocenters. The second kappa shape index (κ2) is 5.56. The van der Waals surface area contributed by atoms with E-state index in [1.165, 1.54) is 6.07 Å². The van der Waals surface area contributed by atoms with Crippen LogP contribution in [0.1, 0.15) is 17.7 Å². The quantitative estimate of drug-likeness (QED) is 0.376. The third-order valence-corrected chi connectivity index (χ3v) is 2.01. The molecule has 0 atom stereocenters. The molecule has 8 heteroatoms. The van der Waals surface area contributed by atoms with Crippen LogP contribution in [0.5, 0.6) is 5.88 Å². The summed E-state index contributed by atoms with van der Waals surface area (Å²) in [6.07, 6.45) is -5.40. The van der Waals surface area contributed by atoms with Crippen molar-refractivity contribution in [2.45, 2.75) is 19.5 Å². The van der Waals surface area contributed by atoms with Crippen LogP contribution in [0, 0.1) is 6.92 Å². The molecule has 100 valence electrons. The first kappa shape index (κ1) is 14.1. The molecule has 0 aliphatic heterocycles. The smallest absolute Gasteiger partial charge is 0.392 e. The van der Waals surface area contributed by atoms with Gasteiger partial charge in [0.1, 0.15) is 0 Å². The van der Waals surface area contributed by atoms with Crippen molar-refractivity contribution in [2.24, 2.45) is 10.9 Å². The fourth-order valence-corrected chi connectivity index (χ4v) is 1.16. The number of hydrogen-bond acceptors (Lipinski definition) is 4. The maximum Gasteiger partial charge on any atom is 0.392 e. The van der Waals surface area contributed by atoms with Gasteiger partial charge in [-0.1, -0.05) is 5.16 Å². The number of ether oxygens (including phenoxy) is 1. The van der Waals surface area contributed by atoms with Crippen LogP contribution in [0.2, 0.25) is 0 Å². The van der Waals surface area contributed by atoms with Gasteiger partial charge in [-0.2, -0.15) is 13.2 Å². The van der Waals surface area contributed by atoms with Gasteiger partial charge < -0.3 is 15.7 Å². The molecule has 0 fully saturated rings. The monoisotopic (exact) mass is 263 g/mol. The van der Waals surface area contributed by atoms with Crippen molar-refractivity contribution in [3.8, 4) is 5.88 Å². The molecule has 3 N–H and O–H groups in total. The normalized spacial score (nSPS) is 12.6. The highest BCUT2D eigenvalue weighted by molar-refractivity contribution is 5.99. The molecule has 0 radical (unpaired) electrons. The zero-order chi connectivity index (χ0) is 13.8. The summed E-state index contributed by atoms with van der Waals surface area (Å²) < 4.78 is 40.8. The zero-order valence-corrected chi connectivity index (χ0v) is 9.53. The second-order valence-corrected chi connectivity index (χ2v) is 3.50. The van der Waals surface area contributed by atoms with Crippen LogP contribution in [0.3, 0.4) is 0 Å². The van der Waals surface area contributed by atoms with Crippen LogP contribution in [0.15, 0.2) is 17.3 Å². The van der Waals surface area contributed by atoms with Gasteiger partial charge in [-0.15, -0.1) is 0 Å². The number of hydrogen-bond donors (Lipinski definition) is 2. The number of amidine groups is 1. The molecule has 1 heterocycles. The molecular formula is C10H12F3N3O2. The fourth-order valence-electron chi connectivity index (χ4n) is 1.16. The lowest BCUT2D eigenvalue weighted by molar-refractivity contribution is -0.139. The molecule has 1 aromatic heterocycles. The van der Waals surface area contributed by atoms with E-state index in [2.05, 4.69) is 10.1 Å². The van der Waals surface area contributed by atoms with Crippen molar-refractivity contribution in [2.75, 3.05) is 6.61 Å². The van der Waals surface area contributed by atoms with Gasteiger partial charge in [-0.3, -0.25) is 0 Å². The van der Waals surface area contributed by atoms with Crippen molar-refractivity contribution in [1.29, 1.82) is 0 Å². The predicted molar refractivity (Wildman–Crippen MR) is 57.7 cm³/mol. The van der Waals surface area contributed by atoms with Crippen molar-refractivity contribution in [3.05, 3.63) is 23.4 Å². The fraction of sp³-hybridized carbons (Fsp3) is 0.400. The number of oxime groups is 1. The summed E-state index contributed by atoms with van der Waals surface area (Å²) in [5.41, 5.74) is 6.05. The standard InChI is InChI=1S/C10H12F3N3O2/c1-6-2-3-7(8(14)16-17)9(15-6)18-5-4-10(11,12)13/h2-3,17H,4-5H2,1H3,(H2,14,16). The Morgan fingerprint density at radius 1 is 1.50 bits per heavy atom. The minimum absolute atomic E-state index is 0.0884. The van der Waals surface area contributed by atoms with Crippen molar-refractivity contribution >= 4 is 5.84 Å². The molecular weight excluding hydrogens is 251 g/mol. The van der Waals surface area contributed by atoms with Crippen LogP contribution in [0.25, 0.3) is 0 Å². The Bertz CT molecular complexity index is 446. The largest absolute Gasteiger partial charge is 0.477 e. The summed E-state index contributed by atoms with van der Waals surface area (Å²) in [5, 5.41) is 11.3. The maximum atomic E-state index is 12.0. The van der Waals surface area contributed by atoms with Gasteiger partial charge in [-0.25, -0.2) is 4.98 Å². The lowest BCUT2D eigenvalue weighted by Gasteiger charge is -2.11. The summed E-state index contributed by atoms with van der Waals surface area (Å²) >= 11 is 0. The minimum atomic E-state index is -4.30. The predicted octanol–water partition coefficient (Wildman–Crippen LogP) is 1.82. The number of alkyl halides is 3. The third-order valence-electron chi connectivity index (χ3n) is 2.01. The highest BCUT2D eigenvalue weighted by Crippen LogP contribution is 2.21. The molecule has 0 bridgehead atoms. The van der Waals surface area contributed by atoms with E-state index in [1.807, 2.05) is 0 Å². The summed E-state index contributed by atoms with van der Waals surface area (Å²) in [7, 11) is 0. The van der Waals surface area contributed by atoms with Crippen LogP contribution < -0.4 is 10.5 Å². The molecule has 1 rings (SSSR count). The molecule has 18 heavy (non-hydrogen) atoms. The summed E-state index contributed by atoms with van der Waals surface area (Å²) in [6, 6.07) is 3.03. The molecule has 0 spiro atoms. The average molecular weight is 263 g/mol. The van der Waals surface area contributed by atoms with Gasteiger partial charge >= 0.3 is 6.18 Å². The molecule has 0 aromatic carbocycles. The Labute approximate surface area is 101 Å². The van der Waals surface area contributed by atoms with E-state index in [-0.39, 0.29) is 17.3 Å². The summed E-state index contributed by atoms with van der Waals surface area (Å²) in [6.45, 7) is 1.07. The first-order valence-electron chi connectivity index (χ1n) is 4.98. The highest BCUT2D eigenvalue weighted by Gasteiger charge is 2.27. The Balaban J connectivity index is 2.83. The minimum Gasteiger partial charge on any atom is -0.477 e. The van der Waals surface area contributed by atoms with E-state index < -0.39 is 19.2 Å². The van der Waals surface area contributed by atoms with E-state index >= 15 is 0 Å². The van der Waals surface area contributed by atoms with Crippen LogP contribution >= 0.6 is 0 Å². The topological polar surface area (TPSA) is 80.7 Å². The number of rotatable bonds is 4. The first-order valence-corrected chi connectivity index (χ1v) is 4.98. The number of halogens is 3. The van der Waals surface area contributed by atoms with Crippen molar-refractivity contribution in [3.63, 3.8) is 0 Å². The highest BCUT2D eigenvalue weighted by atomic mass is 19.4. The summed E-state index contributed by atoms with van der Waals surface area (Å²) in [5.74, 6) is -0.362. The molecule has 1 aromatic rings. The Kier molecular flexibility index (Phi) is 4.35. The van der Waals surface area contributed by atoms with E-state index in [0.717, 1.165) is 0 Å². The number of aryl methyl sites for hydroxylation is 1. The Morgan fingerprint density at radius 3 is 2.72 bits per heavy atom. The summed E-state index contributed by atoms with van der Waals surface area (Å²) in [4.78, 5) is 3.90. The van der Waals surface area contributed by atoms with Crippen LogP contribution in [-0.2, 0) is 0 Å². The van der Waals surface area contributed by atoms with Gasteiger partial charge in [0.25, 0.3) is 0 Å². The Hall–Kier alpha value is -1.99. The van der Waals surface area contributed by atoms with Gasteiger partial charge in [0.15, 0.2) is 5.84 Å².